The van der Waals surface area contributed by atoms with Gasteiger partial charge in [-0.05, 0) is 38.5 Å². The van der Waals surface area contributed by atoms with Crippen LogP contribution in [0, 0.1) is 13.8 Å². The number of benzene rings is 1. The van der Waals surface area contributed by atoms with E-state index in [2.05, 4.69) is 45.1 Å². The van der Waals surface area contributed by atoms with Crippen LogP contribution >= 0.6 is 0 Å². The fraction of sp³-hybridized carbons (Fsp3) is 0.286. The summed E-state index contributed by atoms with van der Waals surface area (Å²) in [6, 6.07) is 6.30. The van der Waals surface area contributed by atoms with Gasteiger partial charge in [-0.15, -0.1) is 0 Å². The number of hydrogen-bond donors (Lipinski definition) is 0. The summed E-state index contributed by atoms with van der Waals surface area (Å²) in [6.45, 7) is 6.34. The summed E-state index contributed by atoms with van der Waals surface area (Å²) in [6.07, 6.45) is 5.22. The first-order valence-electron chi connectivity index (χ1n) is 5.38. The largest absolute Gasteiger partial charge is 0.456 e. The molecule has 1 heteroatoms. The summed E-state index contributed by atoms with van der Waals surface area (Å²) in [5, 5.41) is 1.23. The van der Waals surface area contributed by atoms with Crippen LogP contribution in [0.3, 0.4) is 0 Å². The second kappa shape index (κ2) is 3.93. The van der Waals surface area contributed by atoms with Gasteiger partial charge in [0.15, 0.2) is 0 Å². The van der Waals surface area contributed by atoms with Gasteiger partial charge in [-0.1, -0.05) is 24.6 Å². The third-order valence-electron chi connectivity index (χ3n) is 2.63. The minimum absolute atomic E-state index is 0.980. The van der Waals surface area contributed by atoms with Crippen LogP contribution in [0.5, 0.6) is 0 Å². The van der Waals surface area contributed by atoms with E-state index in [1.807, 2.05) is 6.07 Å². The SMILES string of the molecule is CC/C=C\c1oc2ccc(C)cc2c1C. The summed E-state index contributed by atoms with van der Waals surface area (Å²) >= 11 is 0. The molecule has 1 nitrogen and oxygen atoms in total. The zero-order valence-corrected chi connectivity index (χ0v) is 9.50. The summed E-state index contributed by atoms with van der Waals surface area (Å²) in [4.78, 5) is 0. The van der Waals surface area contributed by atoms with Gasteiger partial charge in [0.05, 0.1) is 0 Å². The minimum atomic E-state index is 0.980. The highest BCUT2D eigenvalue weighted by molar-refractivity contribution is 5.84. The normalized spacial score (nSPS) is 11.7. The van der Waals surface area contributed by atoms with Crippen molar-refractivity contribution >= 4 is 17.0 Å². The average Bonchev–Trinajstić information content (AvgIpc) is 2.53. The highest BCUT2D eigenvalue weighted by Gasteiger charge is 2.07. The van der Waals surface area contributed by atoms with Gasteiger partial charge in [-0.25, -0.2) is 0 Å². The summed E-state index contributed by atoms with van der Waals surface area (Å²) in [5.74, 6) is 0.984. The quantitative estimate of drug-likeness (QED) is 0.697. The average molecular weight is 200 g/mol. The molecule has 0 aliphatic heterocycles. The molecule has 2 aromatic rings. The number of furan rings is 1. The zero-order chi connectivity index (χ0) is 10.8. The number of fused-ring (bicyclic) bond motifs is 1. The second-order valence-corrected chi connectivity index (χ2v) is 3.90. The predicted octanol–water partition coefficient (Wildman–Crippen LogP) is 4.47. The summed E-state index contributed by atoms with van der Waals surface area (Å²) in [7, 11) is 0. The lowest BCUT2D eigenvalue weighted by Gasteiger charge is -1.91. The van der Waals surface area contributed by atoms with Crippen LogP contribution in [-0.2, 0) is 0 Å². The molecule has 0 bridgehead atoms. The van der Waals surface area contributed by atoms with Gasteiger partial charge in [0.25, 0.3) is 0 Å². The van der Waals surface area contributed by atoms with Crippen LogP contribution in [0.2, 0.25) is 0 Å². The van der Waals surface area contributed by atoms with E-state index in [1.54, 1.807) is 0 Å². The van der Waals surface area contributed by atoms with Crippen LogP contribution in [0.15, 0.2) is 28.7 Å². The number of hydrogen-bond acceptors (Lipinski definition) is 1. The first kappa shape index (κ1) is 10.0. The van der Waals surface area contributed by atoms with Crippen molar-refractivity contribution in [1.29, 1.82) is 0 Å². The molecule has 0 aliphatic carbocycles. The molecule has 0 saturated carbocycles. The zero-order valence-electron chi connectivity index (χ0n) is 9.50. The van der Waals surface area contributed by atoms with Gasteiger partial charge >= 0.3 is 0 Å². The van der Waals surface area contributed by atoms with Gasteiger partial charge in [-0.2, -0.15) is 0 Å². The Morgan fingerprint density at radius 1 is 1.27 bits per heavy atom. The molecule has 78 valence electrons. The molecule has 0 fully saturated rings. The molecular weight excluding hydrogens is 184 g/mol. The second-order valence-electron chi connectivity index (χ2n) is 3.90. The molecule has 1 heterocycles. The fourth-order valence-corrected chi connectivity index (χ4v) is 1.74. The van der Waals surface area contributed by atoms with Crippen molar-refractivity contribution in [3.05, 3.63) is 41.2 Å². The lowest BCUT2D eigenvalue weighted by Crippen LogP contribution is -1.73. The van der Waals surface area contributed by atoms with Gasteiger partial charge in [-0.3, -0.25) is 0 Å². The Labute approximate surface area is 90.4 Å². The molecule has 2 rings (SSSR count). The van der Waals surface area contributed by atoms with E-state index in [1.165, 1.54) is 16.5 Å². The van der Waals surface area contributed by atoms with E-state index in [0.29, 0.717) is 0 Å². The molecule has 0 radical (unpaired) electrons. The van der Waals surface area contributed by atoms with E-state index in [-0.39, 0.29) is 0 Å². The first-order valence-corrected chi connectivity index (χ1v) is 5.38. The topological polar surface area (TPSA) is 13.1 Å². The molecule has 0 unspecified atom stereocenters. The molecular formula is C14H16O. The predicted molar refractivity (Wildman–Crippen MR) is 65.0 cm³/mol. The van der Waals surface area contributed by atoms with Gasteiger partial charge < -0.3 is 4.42 Å². The van der Waals surface area contributed by atoms with E-state index in [0.717, 1.165) is 17.8 Å². The monoisotopic (exact) mass is 200 g/mol. The number of allylic oxidation sites excluding steroid dienone is 1. The summed E-state index contributed by atoms with van der Waals surface area (Å²) in [5.41, 5.74) is 3.49. The molecule has 0 atom stereocenters. The Morgan fingerprint density at radius 3 is 2.80 bits per heavy atom. The standard InChI is InChI=1S/C14H16O/c1-4-5-6-13-11(3)12-9-10(2)7-8-14(12)15-13/h5-9H,4H2,1-3H3/b6-5-. The van der Waals surface area contributed by atoms with Crippen LogP contribution < -0.4 is 0 Å². The Morgan fingerprint density at radius 2 is 2.07 bits per heavy atom. The molecule has 1 aromatic heterocycles. The molecule has 0 amide bonds. The maximum absolute atomic E-state index is 5.77. The van der Waals surface area contributed by atoms with Crippen molar-refractivity contribution < 1.29 is 4.42 Å². The maximum Gasteiger partial charge on any atom is 0.135 e. The van der Waals surface area contributed by atoms with Gasteiger partial charge in [0.2, 0.25) is 0 Å². The van der Waals surface area contributed by atoms with Crippen molar-refractivity contribution in [3.8, 4) is 0 Å². The lowest BCUT2D eigenvalue weighted by molar-refractivity contribution is 0.601. The number of aryl methyl sites for hydroxylation is 2. The van der Waals surface area contributed by atoms with E-state index in [9.17, 15) is 0 Å². The van der Waals surface area contributed by atoms with Gasteiger partial charge in [0, 0.05) is 10.9 Å². The van der Waals surface area contributed by atoms with Crippen LogP contribution in [0.1, 0.15) is 30.2 Å². The van der Waals surface area contributed by atoms with Crippen molar-refractivity contribution in [2.75, 3.05) is 0 Å². The Hall–Kier alpha value is -1.50. The molecule has 0 aliphatic rings. The van der Waals surface area contributed by atoms with E-state index in [4.69, 9.17) is 4.42 Å². The first-order chi connectivity index (χ1) is 7.22. The highest BCUT2D eigenvalue weighted by atomic mass is 16.3. The maximum atomic E-state index is 5.77. The van der Waals surface area contributed by atoms with E-state index < -0.39 is 0 Å². The van der Waals surface area contributed by atoms with Crippen LogP contribution in [-0.4, -0.2) is 0 Å². The summed E-state index contributed by atoms with van der Waals surface area (Å²) < 4.78 is 5.77. The Kier molecular flexibility index (Phi) is 2.63. The number of rotatable bonds is 2. The molecule has 1 aromatic carbocycles. The smallest absolute Gasteiger partial charge is 0.135 e. The fourth-order valence-electron chi connectivity index (χ4n) is 1.74. The Balaban J connectivity index is 2.59. The third-order valence-corrected chi connectivity index (χ3v) is 2.63. The molecule has 0 saturated heterocycles. The molecule has 0 spiro atoms. The Bertz CT molecular complexity index is 503. The van der Waals surface area contributed by atoms with Crippen molar-refractivity contribution in [3.63, 3.8) is 0 Å². The third kappa shape index (κ3) is 1.82. The van der Waals surface area contributed by atoms with Crippen molar-refractivity contribution in [1.82, 2.24) is 0 Å². The minimum Gasteiger partial charge on any atom is -0.456 e. The van der Waals surface area contributed by atoms with Crippen molar-refractivity contribution in [2.24, 2.45) is 0 Å². The van der Waals surface area contributed by atoms with Crippen molar-refractivity contribution in [2.45, 2.75) is 27.2 Å². The van der Waals surface area contributed by atoms with Crippen LogP contribution in [0.4, 0.5) is 0 Å². The van der Waals surface area contributed by atoms with E-state index >= 15 is 0 Å². The highest BCUT2D eigenvalue weighted by Crippen LogP contribution is 2.26. The molecule has 0 N–H and O–H groups in total. The lowest BCUT2D eigenvalue weighted by atomic mass is 10.1. The molecule has 15 heavy (non-hydrogen) atoms. The van der Waals surface area contributed by atoms with Gasteiger partial charge in [0.1, 0.15) is 11.3 Å². The van der Waals surface area contributed by atoms with Crippen LogP contribution in [0.25, 0.3) is 17.0 Å².